The SMILES string of the molecule is CN(C(=O)c1cccs1)[C@@H](Cc1ccccc1)C1CCN(C(=O)CCn2cncn2)CC1. The van der Waals surface area contributed by atoms with E-state index in [1.165, 1.54) is 23.2 Å². The van der Waals surface area contributed by atoms with Crippen LogP contribution in [0.2, 0.25) is 0 Å². The fourth-order valence-corrected chi connectivity index (χ4v) is 5.16. The van der Waals surface area contributed by atoms with E-state index in [0.717, 1.165) is 37.2 Å². The number of aryl methyl sites for hydroxylation is 1. The van der Waals surface area contributed by atoms with Crippen molar-refractivity contribution in [1.29, 1.82) is 0 Å². The van der Waals surface area contributed by atoms with Crippen LogP contribution >= 0.6 is 11.3 Å². The van der Waals surface area contributed by atoms with Crippen molar-refractivity contribution in [1.82, 2.24) is 24.6 Å². The third-order valence-electron chi connectivity index (χ3n) is 6.30. The number of hydrogen-bond acceptors (Lipinski definition) is 5. The van der Waals surface area contributed by atoms with Crippen LogP contribution in [0.15, 0.2) is 60.5 Å². The summed E-state index contributed by atoms with van der Waals surface area (Å²) in [5, 5.41) is 6.00. The zero-order chi connectivity index (χ0) is 22.3. The van der Waals surface area contributed by atoms with Crippen LogP contribution < -0.4 is 0 Å². The number of aromatic nitrogens is 3. The van der Waals surface area contributed by atoms with Gasteiger partial charge in [-0.25, -0.2) is 4.98 Å². The molecule has 1 aliphatic heterocycles. The van der Waals surface area contributed by atoms with Gasteiger partial charge in [0.1, 0.15) is 12.7 Å². The van der Waals surface area contributed by atoms with Gasteiger partial charge in [-0.2, -0.15) is 5.10 Å². The van der Waals surface area contributed by atoms with Gasteiger partial charge in [0, 0.05) is 32.6 Å². The molecule has 0 aliphatic carbocycles. The first-order valence-electron chi connectivity index (χ1n) is 11.1. The highest BCUT2D eigenvalue weighted by Crippen LogP contribution is 2.28. The lowest BCUT2D eigenvalue weighted by Crippen LogP contribution is -2.48. The van der Waals surface area contributed by atoms with Gasteiger partial charge in [-0.3, -0.25) is 14.3 Å². The number of thiophene rings is 1. The monoisotopic (exact) mass is 451 g/mol. The molecular formula is C24H29N5O2S. The van der Waals surface area contributed by atoms with E-state index in [1.807, 2.05) is 52.6 Å². The van der Waals surface area contributed by atoms with Gasteiger partial charge in [-0.05, 0) is 42.2 Å². The van der Waals surface area contributed by atoms with E-state index in [9.17, 15) is 9.59 Å². The first-order chi connectivity index (χ1) is 15.6. The molecule has 1 aromatic carbocycles. The number of nitrogens with zero attached hydrogens (tertiary/aromatic N) is 5. The molecule has 0 bridgehead atoms. The molecule has 0 spiro atoms. The Morgan fingerprint density at radius 1 is 1.16 bits per heavy atom. The van der Waals surface area contributed by atoms with Crippen LogP contribution in [-0.4, -0.2) is 62.6 Å². The molecule has 0 radical (unpaired) electrons. The van der Waals surface area contributed by atoms with Gasteiger partial charge >= 0.3 is 0 Å². The predicted octanol–water partition coefficient (Wildman–Crippen LogP) is 3.35. The Bertz CT molecular complexity index is 983. The second kappa shape index (κ2) is 10.5. The number of likely N-dealkylation sites (tertiary alicyclic amines) is 1. The summed E-state index contributed by atoms with van der Waals surface area (Å²) in [5.41, 5.74) is 1.23. The summed E-state index contributed by atoms with van der Waals surface area (Å²) >= 11 is 1.48. The number of likely N-dealkylation sites (N-methyl/N-ethyl adjacent to an activating group) is 1. The van der Waals surface area contributed by atoms with E-state index in [2.05, 4.69) is 22.2 Å². The second-order valence-electron chi connectivity index (χ2n) is 8.28. The van der Waals surface area contributed by atoms with E-state index < -0.39 is 0 Å². The number of carbonyl (C=O) groups is 2. The Morgan fingerprint density at radius 3 is 2.59 bits per heavy atom. The molecule has 1 fully saturated rings. The largest absolute Gasteiger partial charge is 0.343 e. The lowest BCUT2D eigenvalue weighted by molar-refractivity contribution is -0.133. The lowest BCUT2D eigenvalue weighted by atomic mass is 9.84. The zero-order valence-electron chi connectivity index (χ0n) is 18.3. The van der Waals surface area contributed by atoms with Gasteiger partial charge in [0.2, 0.25) is 5.91 Å². The number of hydrogen-bond donors (Lipinski definition) is 0. The first kappa shape index (κ1) is 22.2. The van der Waals surface area contributed by atoms with Gasteiger partial charge in [0.25, 0.3) is 5.91 Å². The predicted molar refractivity (Wildman–Crippen MR) is 124 cm³/mol. The van der Waals surface area contributed by atoms with Crippen molar-refractivity contribution in [3.63, 3.8) is 0 Å². The van der Waals surface area contributed by atoms with Gasteiger partial charge in [-0.15, -0.1) is 11.3 Å². The molecular weight excluding hydrogens is 422 g/mol. The highest BCUT2D eigenvalue weighted by atomic mass is 32.1. The highest BCUT2D eigenvalue weighted by Gasteiger charge is 2.33. The van der Waals surface area contributed by atoms with E-state index in [0.29, 0.717) is 18.9 Å². The van der Waals surface area contributed by atoms with E-state index >= 15 is 0 Å². The summed E-state index contributed by atoms with van der Waals surface area (Å²) in [6, 6.07) is 14.3. The minimum Gasteiger partial charge on any atom is -0.343 e. The average molecular weight is 452 g/mol. The molecule has 1 aliphatic rings. The molecule has 0 saturated carbocycles. The zero-order valence-corrected chi connectivity index (χ0v) is 19.2. The molecule has 0 unspecified atom stereocenters. The molecule has 0 N–H and O–H groups in total. The minimum absolute atomic E-state index is 0.0762. The molecule has 2 amide bonds. The van der Waals surface area contributed by atoms with Crippen molar-refractivity contribution in [2.45, 2.75) is 38.3 Å². The Morgan fingerprint density at radius 2 is 1.94 bits per heavy atom. The fourth-order valence-electron chi connectivity index (χ4n) is 4.45. The van der Waals surface area contributed by atoms with Crippen molar-refractivity contribution in [3.05, 3.63) is 70.9 Å². The molecule has 168 valence electrons. The first-order valence-corrected chi connectivity index (χ1v) is 11.9. The summed E-state index contributed by atoms with van der Waals surface area (Å²) in [7, 11) is 1.92. The molecule has 3 heterocycles. The number of carbonyl (C=O) groups excluding carboxylic acids is 2. The van der Waals surface area contributed by atoms with E-state index in [-0.39, 0.29) is 17.9 Å². The maximum atomic E-state index is 13.1. The molecule has 4 rings (SSSR count). The summed E-state index contributed by atoms with van der Waals surface area (Å²) in [6.45, 7) is 2.01. The Hall–Kier alpha value is -3.00. The summed E-state index contributed by atoms with van der Waals surface area (Å²) in [5.74, 6) is 0.581. The Kier molecular flexibility index (Phi) is 7.32. The normalized spacial score (nSPS) is 15.5. The maximum Gasteiger partial charge on any atom is 0.263 e. The quantitative estimate of drug-likeness (QED) is 0.527. The molecule has 1 atom stereocenters. The fraction of sp³-hybridized carbons (Fsp3) is 0.417. The van der Waals surface area contributed by atoms with E-state index in [4.69, 9.17) is 0 Å². The van der Waals surface area contributed by atoms with E-state index in [1.54, 1.807) is 11.0 Å². The van der Waals surface area contributed by atoms with Crippen LogP contribution in [0.1, 0.15) is 34.5 Å². The van der Waals surface area contributed by atoms with Crippen LogP contribution in [0.4, 0.5) is 0 Å². The smallest absolute Gasteiger partial charge is 0.263 e. The molecule has 2 aromatic heterocycles. The topological polar surface area (TPSA) is 71.3 Å². The standard InChI is InChI=1S/C24H29N5O2S/c1-27(24(31)22-8-5-15-32-22)21(16-19-6-3-2-4-7-19)20-9-12-28(13-10-20)23(30)11-14-29-18-25-17-26-29/h2-8,15,17-18,20-21H,9-14,16H2,1H3/t21-/m0/s1. The third-order valence-corrected chi connectivity index (χ3v) is 7.15. The number of benzene rings is 1. The van der Waals surface area contributed by atoms with Crippen molar-refractivity contribution in [2.24, 2.45) is 5.92 Å². The third kappa shape index (κ3) is 5.43. The van der Waals surface area contributed by atoms with Crippen LogP contribution in [0.25, 0.3) is 0 Å². The maximum absolute atomic E-state index is 13.1. The second-order valence-corrected chi connectivity index (χ2v) is 9.22. The van der Waals surface area contributed by atoms with Crippen LogP contribution in [0.5, 0.6) is 0 Å². The minimum atomic E-state index is 0.0762. The van der Waals surface area contributed by atoms with Gasteiger partial charge in [-0.1, -0.05) is 36.4 Å². The van der Waals surface area contributed by atoms with Gasteiger partial charge in [0.05, 0.1) is 11.4 Å². The number of amides is 2. The Balaban J connectivity index is 1.40. The molecule has 7 nitrogen and oxygen atoms in total. The Labute approximate surface area is 192 Å². The molecule has 8 heteroatoms. The lowest BCUT2D eigenvalue weighted by Gasteiger charge is -2.40. The summed E-state index contributed by atoms with van der Waals surface area (Å²) in [4.78, 5) is 34.3. The van der Waals surface area contributed by atoms with Crippen molar-refractivity contribution in [2.75, 3.05) is 20.1 Å². The number of rotatable bonds is 8. The number of piperidine rings is 1. The van der Waals surface area contributed by atoms with Crippen molar-refractivity contribution >= 4 is 23.2 Å². The van der Waals surface area contributed by atoms with Crippen LogP contribution in [0, 0.1) is 5.92 Å². The van der Waals surface area contributed by atoms with Crippen LogP contribution in [0.3, 0.4) is 0 Å². The van der Waals surface area contributed by atoms with Crippen molar-refractivity contribution < 1.29 is 9.59 Å². The summed E-state index contributed by atoms with van der Waals surface area (Å²) in [6.07, 6.45) is 6.16. The average Bonchev–Trinajstić information content (AvgIpc) is 3.55. The van der Waals surface area contributed by atoms with Gasteiger partial charge < -0.3 is 9.80 Å². The van der Waals surface area contributed by atoms with Crippen molar-refractivity contribution in [3.8, 4) is 0 Å². The molecule has 32 heavy (non-hydrogen) atoms. The highest BCUT2D eigenvalue weighted by molar-refractivity contribution is 7.12. The van der Waals surface area contributed by atoms with Gasteiger partial charge in [0.15, 0.2) is 0 Å². The summed E-state index contributed by atoms with van der Waals surface area (Å²) < 4.78 is 1.69. The molecule has 3 aromatic rings. The van der Waals surface area contributed by atoms with Crippen LogP contribution in [-0.2, 0) is 17.8 Å². The molecule has 1 saturated heterocycles.